The minimum absolute atomic E-state index is 0.0656. The maximum absolute atomic E-state index is 13.0. The van der Waals surface area contributed by atoms with Crippen molar-refractivity contribution in [3.05, 3.63) is 41.3 Å². The second-order valence-electron chi connectivity index (χ2n) is 3.93. The van der Waals surface area contributed by atoms with Crippen LogP contribution in [-0.4, -0.2) is 21.8 Å². The molecule has 0 fully saturated rings. The molecule has 2 aromatic heterocycles. The monoisotopic (exact) mass is 351 g/mol. The summed E-state index contributed by atoms with van der Waals surface area (Å²) in [5.41, 5.74) is 0. The molecule has 2 rings (SSSR count). The van der Waals surface area contributed by atoms with Gasteiger partial charge in [-0.15, -0.1) is 11.3 Å². The van der Waals surface area contributed by atoms with Gasteiger partial charge in [0.05, 0.1) is 6.20 Å². The number of hydrogen-bond donors (Lipinski definition) is 2. The van der Waals surface area contributed by atoms with E-state index in [4.69, 9.17) is 5.14 Å². The Balaban J connectivity index is 2.14. The van der Waals surface area contributed by atoms with Crippen molar-refractivity contribution < 1.29 is 21.2 Å². The third kappa shape index (κ3) is 4.04. The number of nitrogens with zero attached hydrogens (tertiary/aromatic N) is 1. The zero-order chi connectivity index (χ0) is 15.7. The van der Waals surface area contributed by atoms with Crippen molar-refractivity contribution >= 4 is 31.4 Å². The molecule has 21 heavy (non-hydrogen) atoms. The maximum atomic E-state index is 13.0. The Morgan fingerprint density at radius 3 is 2.52 bits per heavy atom. The normalized spacial score (nSPS) is 12.5. The zero-order valence-electron chi connectivity index (χ0n) is 10.4. The van der Waals surface area contributed by atoms with Crippen molar-refractivity contribution in [2.24, 2.45) is 5.14 Å². The Morgan fingerprint density at radius 2 is 1.95 bits per heavy atom. The van der Waals surface area contributed by atoms with Gasteiger partial charge in [-0.1, -0.05) is 0 Å². The lowest BCUT2D eigenvalue weighted by atomic mass is 10.5. The first-order chi connectivity index (χ1) is 9.68. The van der Waals surface area contributed by atoms with E-state index in [-0.39, 0.29) is 15.6 Å². The van der Waals surface area contributed by atoms with E-state index in [1.54, 1.807) is 0 Å². The minimum atomic E-state index is -3.93. The molecule has 0 aromatic carbocycles. The molecule has 0 unspecified atom stereocenters. The van der Waals surface area contributed by atoms with Gasteiger partial charge < -0.3 is 0 Å². The highest BCUT2D eigenvalue weighted by Crippen LogP contribution is 2.20. The van der Waals surface area contributed by atoms with Crippen LogP contribution in [0.15, 0.2) is 39.7 Å². The molecular weight excluding hydrogens is 341 g/mol. The molecule has 11 heteroatoms. The zero-order valence-corrected chi connectivity index (χ0v) is 12.8. The number of rotatable bonds is 5. The van der Waals surface area contributed by atoms with Crippen molar-refractivity contribution in [2.75, 3.05) is 0 Å². The van der Waals surface area contributed by atoms with Gasteiger partial charge in [0.25, 0.3) is 0 Å². The summed E-state index contributed by atoms with van der Waals surface area (Å²) in [6.07, 6.45) is 1.90. The van der Waals surface area contributed by atoms with E-state index in [0.29, 0.717) is 4.88 Å². The standard InChI is InChI=1S/C10H10FN3O4S3/c11-7-3-9(6-13-4-7)21(17,18)14-5-8-1-2-10(19-8)20(12,15)16/h1-4,6,14H,5H2,(H2,12,15,16). The summed E-state index contributed by atoms with van der Waals surface area (Å²) in [6.45, 7) is -0.140. The van der Waals surface area contributed by atoms with Crippen LogP contribution >= 0.6 is 11.3 Å². The predicted octanol–water partition coefficient (Wildman–Crippen LogP) is 0.408. The highest BCUT2D eigenvalue weighted by molar-refractivity contribution is 7.91. The van der Waals surface area contributed by atoms with Crippen LogP contribution in [0.1, 0.15) is 4.88 Å². The van der Waals surface area contributed by atoms with Gasteiger partial charge >= 0.3 is 0 Å². The van der Waals surface area contributed by atoms with Gasteiger partial charge in [-0.05, 0) is 18.2 Å². The Labute approximate surface area is 124 Å². The molecule has 7 nitrogen and oxygen atoms in total. The molecule has 114 valence electrons. The van der Waals surface area contributed by atoms with Crippen LogP contribution in [0.25, 0.3) is 0 Å². The fraction of sp³-hybridized carbons (Fsp3) is 0.100. The van der Waals surface area contributed by atoms with Gasteiger partial charge in [0.15, 0.2) is 0 Å². The molecule has 0 aliphatic rings. The molecule has 0 saturated heterocycles. The first-order valence-corrected chi connectivity index (χ1v) is 9.25. The first kappa shape index (κ1) is 16.0. The van der Waals surface area contributed by atoms with Gasteiger partial charge in [-0.3, -0.25) is 4.98 Å². The molecule has 0 atom stereocenters. The number of nitrogens with one attached hydrogen (secondary N) is 1. The fourth-order valence-corrected chi connectivity index (χ4v) is 4.18. The first-order valence-electron chi connectivity index (χ1n) is 5.40. The number of thiophene rings is 1. The van der Waals surface area contributed by atoms with Crippen molar-refractivity contribution in [3.63, 3.8) is 0 Å². The van der Waals surface area contributed by atoms with Crippen molar-refractivity contribution in [2.45, 2.75) is 15.6 Å². The van der Waals surface area contributed by atoms with E-state index in [9.17, 15) is 21.2 Å². The van der Waals surface area contributed by atoms with Gasteiger partial charge in [0.2, 0.25) is 20.0 Å². The fourth-order valence-electron chi connectivity index (χ4n) is 1.39. The Kier molecular flexibility index (Phi) is 4.39. The Morgan fingerprint density at radius 1 is 1.24 bits per heavy atom. The third-order valence-corrected chi connectivity index (χ3v) is 6.24. The van der Waals surface area contributed by atoms with Gasteiger partial charge in [-0.25, -0.2) is 31.1 Å². The van der Waals surface area contributed by atoms with Crippen LogP contribution in [0, 0.1) is 5.82 Å². The number of aromatic nitrogens is 1. The molecule has 0 bridgehead atoms. The van der Waals surface area contributed by atoms with Crippen LogP contribution < -0.4 is 9.86 Å². The average Bonchev–Trinajstić information content (AvgIpc) is 2.85. The maximum Gasteiger partial charge on any atom is 0.247 e. The molecule has 3 N–H and O–H groups in total. The molecular formula is C10H10FN3O4S3. The summed E-state index contributed by atoms with van der Waals surface area (Å²) in [6, 6.07) is 3.56. The summed E-state index contributed by atoms with van der Waals surface area (Å²) >= 11 is 0.849. The van der Waals surface area contributed by atoms with Crippen molar-refractivity contribution in [1.29, 1.82) is 0 Å². The second-order valence-corrected chi connectivity index (χ2v) is 8.65. The third-order valence-electron chi connectivity index (χ3n) is 2.34. The number of sulfonamides is 2. The molecule has 0 spiro atoms. The van der Waals surface area contributed by atoms with Gasteiger partial charge in [0, 0.05) is 17.6 Å². The molecule has 0 aliphatic heterocycles. The lowest BCUT2D eigenvalue weighted by Crippen LogP contribution is -2.23. The van der Waals surface area contributed by atoms with E-state index >= 15 is 0 Å². The molecule has 0 saturated carbocycles. The topological polar surface area (TPSA) is 119 Å². The lowest BCUT2D eigenvalue weighted by molar-refractivity contribution is 0.576. The Bertz CT molecular complexity index is 861. The summed E-state index contributed by atoms with van der Waals surface area (Å²) in [7, 11) is -7.75. The van der Waals surface area contributed by atoms with Crippen LogP contribution in [0.3, 0.4) is 0 Å². The van der Waals surface area contributed by atoms with Crippen LogP contribution in [0.2, 0.25) is 0 Å². The predicted molar refractivity (Wildman–Crippen MR) is 73.9 cm³/mol. The smallest absolute Gasteiger partial charge is 0.247 e. The number of primary sulfonamides is 1. The van der Waals surface area contributed by atoms with E-state index in [0.717, 1.165) is 29.8 Å². The molecule has 0 amide bonds. The van der Waals surface area contributed by atoms with Crippen LogP contribution in [0.5, 0.6) is 0 Å². The molecule has 0 radical (unpaired) electrons. The van der Waals surface area contributed by atoms with Crippen LogP contribution in [-0.2, 0) is 26.6 Å². The van der Waals surface area contributed by atoms with E-state index < -0.39 is 25.9 Å². The summed E-state index contributed by atoms with van der Waals surface area (Å²) in [5.74, 6) is -0.773. The van der Waals surface area contributed by atoms with Gasteiger partial charge in [0.1, 0.15) is 14.9 Å². The molecule has 2 aromatic rings. The van der Waals surface area contributed by atoms with Crippen molar-refractivity contribution in [3.8, 4) is 0 Å². The largest absolute Gasteiger partial charge is 0.260 e. The summed E-state index contributed by atoms with van der Waals surface area (Å²) in [4.78, 5) is 3.59. The van der Waals surface area contributed by atoms with Crippen LogP contribution in [0.4, 0.5) is 4.39 Å². The molecule has 2 heterocycles. The number of nitrogens with two attached hydrogens (primary N) is 1. The number of hydrogen-bond acceptors (Lipinski definition) is 6. The van der Waals surface area contributed by atoms with E-state index in [1.807, 2.05) is 0 Å². The SMILES string of the molecule is NS(=O)(=O)c1ccc(CNS(=O)(=O)c2cncc(F)c2)s1. The summed E-state index contributed by atoms with van der Waals surface area (Å²) < 4.78 is 61.1. The summed E-state index contributed by atoms with van der Waals surface area (Å²) in [5, 5.41) is 4.95. The van der Waals surface area contributed by atoms with Gasteiger partial charge in [-0.2, -0.15) is 0 Å². The quantitative estimate of drug-likeness (QED) is 0.808. The highest BCUT2D eigenvalue weighted by Gasteiger charge is 2.17. The van der Waals surface area contributed by atoms with E-state index in [1.165, 1.54) is 12.1 Å². The Hall–Kier alpha value is -1.40. The highest BCUT2D eigenvalue weighted by atomic mass is 32.2. The average molecular weight is 351 g/mol. The molecule has 0 aliphatic carbocycles. The lowest BCUT2D eigenvalue weighted by Gasteiger charge is -2.05. The minimum Gasteiger partial charge on any atom is -0.260 e. The second kappa shape index (κ2) is 5.77. The van der Waals surface area contributed by atoms with E-state index in [2.05, 4.69) is 9.71 Å². The van der Waals surface area contributed by atoms with Crippen molar-refractivity contribution in [1.82, 2.24) is 9.71 Å². The number of halogens is 1. The number of pyridine rings is 1.